The molecule has 1 aromatic carbocycles. The van der Waals surface area contributed by atoms with Gasteiger partial charge < -0.3 is 9.47 Å². The van der Waals surface area contributed by atoms with Crippen LogP contribution in [-0.2, 0) is 14.3 Å². The van der Waals surface area contributed by atoms with Gasteiger partial charge in [0.25, 0.3) is 0 Å². The fourth-order valence-corrected chi connectivity index (χ4v) is 4.57. The maximum absolute atomic E-state index is 13.2. The first-order valence-electron chi connectivity index (χ1n) is 12.1. The number of hydrogen-bond donors (Lipinski definition) is 1. The number of fused-ring (bicyclic) bond motifs is 3. The van der Waals surface area contributed by atoms with Crippen LogP contribution in [0.25, 0.3) is 0 Å². The molecule has 35 heavy (non-hydrogen) atoms. The molecule has 188 valence electrons. The number of allylic oxidation sites excluding steroid dienone is 1. The van der Waals surface area contributed by atoms with Crippen LogP contribution in [0.3, 0.4) is 0 Å². The molecule has 0 aliphatic carbocycles. The van der Waals surface area contributed by atoms with Crippen molar-refractivity contribution in [3.63, 3.8) is 0 Å². The van der Waals surface area contributed by atoms with E-state index in [-0.39, 0.29) is 11.8 Å². The predicted molar refractivity (Wildman–Crippen MR) is 131 cm³/mol. The summed E-state index contributed by atoms with van der Waals surface area (Å²) in [5.41, 5.74) is 2.07. The van der Waals surface area contributed by atoms with E-state index in [9.17, 15) is 14.4 Å². The number of nitrogens with zero attached hydrogens (tertiary/aromatic N) is 3. The van der Waals surface area contributed by atoms with Crippen LogP contribution in [0.4, 0.5) is 21.0 Å². The molecule has 0 radical (unpaired) electrons. The SMILES string of the molecule is CC(C)(C)OC(=O)N1CCCC(CC2=C3CN(C(=O)OC(C)(C)C)c4ccccc4[NH+]3C=N2)C1=O. The Hall–Kier alpha value is -3.20. The zero-order valence-electron chi connectivity index (χ0n) is 21.4. The monoisotopic (exact) mass is 483 g/mol. The van der Waals surface area contributed by atoms with Crippen molar-refractivity contribution in [3.8, 4) is 0 Å². The Morgan fingerprint density at radius 3 is 2.31 bits per heavy atom. The molecule has 9 nitrogen and oxygen atoms in total. The van der Waals surface area contributed by atoms with E-state index in [2.05, 4.69) is 4.99 Å². The molecule has 0 bridgehead atoms. The predicted octanol–water partition coefficient (Wildman–Crippen LogP) is 3.78. The van der Waals surface area contributed by atoms with E-state index in [0.717, 1.165) is 27.7 Å². The van der Waals surface area contributed by atoms with Crippen molar-refractivity contribution in [2.24, 2.45) is 10.9 Å². The molecule has 3 heterocycles. The number of quaternary nitrogens is 1. The molecular formula is C26H35N4O5+. The van der Waals surface area contributed by atoms with Crippen LogP contribution in [0, 0.1) is 5.92 Å². The second-order valence-electron chi connectivity index (χ2n) is 11.2. The molecule has 0 saturated carbocycles. The summed E-state index contributed by atoms with van der Waals surface area (Å²) in [6.45, 7) is 11.5. The van der Waals surface area contributed by atoms with Gasteiger partial charge in [0, 0.05) is 24.9 Å². The zero-order valence-corrected chi connectivity index (χ0v) is 21.4. The van der Waals surface area contributed by atoms with Crippen molar-refractivity contribution in [2.75, 3.05) is 18.0 Å². The van der Waals surface area contributed by atoms with Gasteiger partial charge in [-0.05, 0) is 60.5 Å². The van der Waals surface area contributed by atoms with E-state index >= 15 is 0 Å². The molecule has 2 unspecified atom stereocenters. The lowest BCUT2D eigenvalue weighted by Gasteiger charge is -2.34. The number of benzene rings is 1. The minimum absolute atomic E-state index is 0.234. The summed E-state index contributed by atoms with van der Waals surface area (Å²) in [5.74, 6) is -0.607. The number of ether oxygens (including phenoxy) is 2. The Bertz CT molecular complexity index is 1100. The van der Waals surface area contributed by atoms with Crippen LogP contribution in [0.1, 0.15) is 60.8 Å². The number of aliphatic imine (C=N–C) groups is 1. The van der Waals surface area contributed by atoms with Gasteiger partial charge in [-0.15, -0.1) is 0 Å². The Labute approximate surface area is 206 Å². The highest BCUT2D eigenvalue weighted by atomic mass is 16.6. The maximum Gasteiger partial charge on any atom is 0.417 e. The van der Waals surface area contributed by atoms with Crippen molar-refractivity contribution in [1.29, 1.82) is 0 Å². The molecule has 3 aliphatic rings. The third-order valence-corrected chi connectivity index (χ3v) is 6.04. The highest BCUT2D eigenvalue weighted by Crippen LogP contribution is 2.33. The number of hydrogen-bond acceptors (Lipinski definition) is 6. The van der Waals surface area contributed by atoms with Gasteiger partial charge in [-0.25, -0.2) is 24.4 Å². The first kappa shape index (κ1) is 24.9. The number of likely N-dealkylation sites (tertiary alicyclic amines) is 1. The number of rotatable bonds is 2. The Morgan fingerprint density at radius 1 is 1.03 bits per heavy atom. The van der Waals surface area contributed by atoms with Crippen molar-refractivity contribution < 1.29 is 28.8 Å². The van der Waals surface area contributed by atoms with E-state index in [1.165, 1.54) is 4.90 Å². The summed E-state index contributed by atoms with van der Waals surface area (Å²) in [6.07, 6.45) is 2.58. The van der Waals surface area contributed by atoms with Gasteiger partial charge in [0.15, 0.2) is 17.7 Å². The van der Waals surface area contributed by atoms with Crippen molar-refractivity contribution in [3.05, 3.63) is 35.7 Å². The summed E-state index contributed by atoms with van der Waals surface area (Å²) in [4.78, 5) is 47.3. The number of anilines is 1. The second kappa shape index (κ2) is 9.11. The number of amides is 3. The van der Waals surface area contributed by atoms with Crippen LogP contribution in [0.5, 0.6) is 0 Å². The average molecular weight is 484 g/mol. The number of carbonyl (C=O) groups excluding carboxylic acids is 3. The highest BCUT2D eigenvalue weighted by molar-refractivity contribution is 5.94. The Morgan fingerprint density at radius 2 is 1.66 bits per heavy atom. The van der Waals surface area contributed by atoms with Gasteiger partial charge in [0.05, 0.1) is 0 Å². The molecule has 3 aliphatic heterocycles. The molecule has 3 amide bonds. The van der Waals surface area contributed by atoms with Crippen molar-refractivity contribution in [2.45, 2.75) is 72.0 Å². The summed E-state index contributed by atoms with van der Waals surface area (Å²) in [6, 6.07) is 7.69. The number of piperidine rings is 1. The molecule has 4 rings (SSSR count). The molecule has 0 aromatic heterocycles. The van der Waals surface area contributed by atoms with Gasteiger partial charge >= 0.3 is 12.2 Å². The number of carbonyl (C=O) groups is 3. The minimum atomic E-state index is -0.672. The van der Waals surface area contributed by atoms with Gasteiger partial charge in [0.2, 0.25) is 5.91 Å². The molecular weight excluding hydrogens is 448 g/mol. The lowest BCUT2D eigenvalue weighted by Crippen LogP contribution is -3.05. The molecule has 1 aromatic rings. The molecule has 1 N–H and O–H groups in total. The van der Waals surface area contributed by atoms with Crippen LogP contribution in [-0.4, -0.2) is 53.6 Å². The van der Waals surface area contributed by atoms with Crippen LogP contribution < -0.4 is 9.80 Å². The summed E-state index contributed by atoms with van der Waals surface area (Å²) in [7, 11) is 0. The summed E-state index contributed by atoms with van der Waals surface area (Å²) >= 11 is 0. The molecule has 1 fully saturated rings. The lowest BCUT2D eigenvalue weighted by atomic mass is 9.92. The van der Waals surface area contributed by atoms with Gasteiger partial charge in [0.1, 0.15) is 29.1 Å². The standard InChI is InChI=1S/C26H34N4O5/c1-25(2,3)34-23(32)28-13-9-10-17(22(28)31)14-18-21-15-29(24(33)35-26(4,5)6)19-11-7-8-12-20(19)30(21)16-27-18/h7-8,11-12,16-17H,9-10,13-15H2,1-6H3/p+1. The Balaban J connectivity index is 1.58. The third kappa shape index (κ3) is 5.40. The summed E-state index contributed by atoms with van der Waals surface area (Å²) in [5, 5.41) is 0. The lowest BCUT2D eigenvalue weighted by molar-refractivity contribution is -0.674. The quantitative estimate of drug-likeness (QED) is 0.691. The maximum atomic E-state index is 13.2. The number of nitrogens with one attached hydrogen (secondary N) is 1. The number of imide groups is 1. The largest absolute Gasteiger partial charge is 0.443 e. The Kier molecular flexibility index (Phi) is 6.48. The fraction of sp³-hybridized carbons (Fsp3) is 0.538. The molecule has 0 spiro atoms. The topological polar surface area (TPSA) is 92.9 Å². The van der Waals surface area contributed by atoms with Crippen molar-refractivity contribution in [1.82, 2.24) is 4.90 Å². The zero-order chi connectivity index (χ0) is 25.5. The van der Waals surface area contributed by atoms with Crippen LogP contribution >= 0.6 is 0 Å². The highest BCUT2D eigenvalue weighted by Gasteiger charge is 2.42. The van der Waals surface area contributed by atoms with E-state index in [1.54, 1.807) is 25.7 Å². The van der Waals surface area contributed by atoms with Crippen molar-refractivity contribution >= 4 is 35.8 Å². The van der Waals surface area contributed by atoms with E-state index in [4.69, 9.17) is 9.47 Å². The van der Waals surface area contributed by atoms with Gasteiger partial charge in [-0.1, -0.05) is 12.1 Å². The van der Waals surface area contributed by atoms with Crippen LogP contribution in [0.2, 0.25) is 0 Å². The minimum Gasteiger partial charge on any atom is -0.443 e. The first-order valence-corrected chi connectivity index (χ1v) is 12.1. The second-order valence-corrected chi connectivity index (χ2v) is 11.2. The summed E-state index contributed by atoms with van der Waals surface area (Å²) < 4.78 is 11.1. The fourth-order valence-electron chi connectivity index (χ4n) is 4.57. The van der Waals surface area contributed by atoms with E-state index < -0.39 is 23.4 Å². The van der Waals surface area contributed by atoms with Crippen LogP contribution in [0.15, 0.2) is 40.7 Å². The van der Waals surface area contributed by atoms with E-state index in [1.807, 2.05) is 51.4 Å². The third-order valence-electron chi connectivity index (χ3n) is 6.04. The smallest absolute Gasteiger partial charge is 0.417 e. The molecule has 2 atom stereocenters. The first-order chi connectivity index (χ1) is 16.3. The average Bonchev–Trinajstić information content (AvgIpc) is 3.15. The number of para-hydroxylation sites is 2. The molecule has 9 heteroatoms. The van der Waals surface area contributed by atoms with E-state index in [0.29, 0.717) is 32.4 Å². The molecule has 1 saturated heterocycles. The normalized spacial score (nSPS) is 22.2. The van der Waals surface area contributed by atoms with Gasteiger partial charge in [-0.3, -0.25) is 9.69 Å². The van der Waals surface area contributed by atoms with Gasteiger partial charge in [-0.2, -0.15) is 0 Å².